The van der Waals surface area contributed by atoms with E-state index < -0.39 is 17.6 Å². The van der Waals surface area contributed by atoms with E-state index >= 15 is 0 Å². The van der Waals surface area contributed by atoms with E-state index in [2.05, 4.69) is 21.2 Å². The van der Waals surface area contributed by atoms with Crippen LogP contribution in [0.4, 0.5) is 18.9 Å². The Bertz CT molecular complexity index is 885. The molecule has 0 heterocycles. The summed E-state index contributed by atoms with van der Waals surface area (Å²) in [6.07, 6.45) is -1.89. The molecule has 0 aliphatic rings. The van der Waals surface area contributed by atoms with Gasteiger partial charge in [-0.1, -0.05) is 11.6 Å². The van der Waals surface area contributed by atoms with Crippen molar-refractivity contribution in [1.29, 1.82) is 0 Å². The second-order valence-corrected chi connectivity index (χ2v) is 6.51. The van der Waals surface area contributed by atoms with E-state index in [1.54, 1.807) is 12.1 Å². The first-order valence-corrected chi connectivity index (χ1v) is 8.60. The highest BCUT2D eigenvalue weighted by Gasteiger charge is 2.31. The lowest BCUT2D eigenvalue weighted by Gasteiger charge is -2.11. The number of ether oxygens (including phenoxy) is 2. The fraction of sp³-hybridized carbons (Fsp3) is 0.167. The van der Waals surface area contributed by atoms with Crippen LogP contribution in [-0.2, 0) is 11.0 Å². The Kier molecular flexibility index (Phi) is 6.78. The first-order chi connectivity index (χ1) is 12.7. The zero-order valence-corrected chi connectivity index (χ0v) is 16.5. The van der Waals surface area contributed by atoms with Gasteiger partial charge in [0.1, 0.15) is 0 Å². The number of methoxy groups -OCH3 is 2. The highest BCUT2D eigenvalue weighted by atomic mass is 79.9. The normalized spacial score (nSPS) is 11.5. The molecule has 2 aromatic rings. The molecule has 0 saturated heterocycles. The number of hydrogen-bond donors (Lipinski definition) is 1. The maximum atomic E-state index is 12.8. The standard InChI is InChI=1S/C18H14BrClF3NO3/c1-26-15-8-10(7-12(19)17(15)27-2)3-6-16(25)24-14-9-11(18(21,22)23)4-5-13(14)20/h3-9H,1-2H3,(H,24,25). The molecule has 0 saturated carbocycles. The molecule has 0 aliphatic heterocycles. The molecule has 2 aromatic carbocycles. The molecule has 2 rings (SSSR count). The number of rotatable bonds is 5. The fourth-order valence-electron chi connectivity index (χ4n) is 2.18. The molecular weight excluding hydrogens is 451 g/mol. The van der Waals surface area contributed by atoms with Crippen molar-refractivity contribution in [1.82, 2.24) is 0 Å². The highest BCUT2D eigenvalue weighted by Crippen LogP contribution is 2.37. The Hall–Kier alpha value is -2.19. The minimum Gasteiger partial charge on any atom is -0.493 e. The summed E-state index contributed by atoms with van der Waals surface area (Å²) >= 11 is 9.19. The third-order valence-corrected chi connectivity index (χ3v) is 4.35. The average Bonchev–Trinajstić information content (AvgIpc) is 2.60. The smallest absolute Gasteiger partial charge is 0.416 e. The first-order valence-electron chi connectivity index (χ1n) is 7.43. The molecule has 9 heteroatoms. The van der Waals surface area contributed by atoms with Crippen LogP contribution in [0.5, 0.6) is 11.5 Å². The van der Waals surface area contributed by atoms with E-state index in [9.17, 15) is 18.0 Å². The third kappa shape index (κ3) is 5.40. The third-order valence-electron chi connectivity index (χ3n) is 3.43. The fourth-order valence-corrected chi connectivity index (χ4v) is 2.96. The maximum Gasteiger partial charge on any atom is 0.416 e. The van der Waals surface area contributed by atoms with Crippen LogP contribution in [-0.4, -0.2) is 20.1 Å². The molecule has 1 amide bonds. The van der Waals surface area contributed by atoms with Crippen LogP contribution in [0.3, 0.4) is 0 Å². The molecule has 0 radical (unpaired) electrons. The highest BCUT2D eigenvalue weighted by molar-refractivity contribution is 9.10. The van der Waals surface area contributed by atoms with Gasteiger partial charge in [-0.05, 0) is 57.9 Å². The second kappa shape index (κ2) is 8.67. The van der Waals surface area contributed by atoms with Crippen molar-refractivity contribution in [3.63, 3.8) is 0 Å². The van der Waals surface area contributed by atoms with Gasteiger partial charge in [-0.25, -0.2) is 0 Å². The number of carbonyl (C=O) groups is 1. The molecule has 0 fully saturated rings. The molecule has 27 heavy (non-hydrogen) atoms. The lowest BCUT2D eigenvalue weighted by molar-refractivity contribution is -0.137. The van der Waals surface area contributed by atoms with E-state index in [1.165, 1.54) is 26.4 Å². The summed E-state index contributed by atoms with van der Waals surface area (Å²) in [7, 11) is 2.96. The molecule has 144 valence electrons. The minimum absolute atomic E-state index is 0.00129. The molecule has 0 aliphatic carbocycles. The Labute approximate surface area is 167 Å². The summed E-state index contributed by atoms with van der Waals surface area (Å²) in [5.41, 5.74) is -0.422. The van der Waals surface area contributed by atoms with Gasteiger partial charge < -0.3 is 14.8 Å². The number of anilines is 1. The molecular formula is C18H14BrClF3NO3. The monoisotopic (exact) mass is 463 g/mol. The van der Waals surface area contributed by atoms with Gasteiger partial charge in [0.05, 0.1) is 35.0 Å². The van der Waals surface area contributed by atoms with E-state index in [0.29, 0.717) is 21.5 Å². The van der Waals surface area contributed by atoms with Crippen LogP contribution >= 0.6 is 27.5 Å². The van der Waals surface area contributed by atoms with E-state index in [0.717, 1.165) is 18.2 Å². The van der Waals surface area contributed by atoms with E-state index in [-0.39, 0.29) is 10.7 Å². The van der Waals surface area contributed by atoms with E-state index in [4.69, 9.17) is 21.1 Å². The number of halogens is 5. The van der Waals surface area contributed by atoms with E-state index in [1.807, 2.05) is 0 Å². The molecule has 0 unspecified atom stereocenters. The maximum absolute atomic E-state index is 12.8. The largest absolute Gasteiger partial charge is 0.493 e. The SMILES string of the molecule is COc1cc(C=CC(=O)Nc2cc(C(F)(F)F)ccc2Cl)cc(Br)c1OC. The van der Waals surface area contributed by atoms with Crippen LogP contribution in [0.25, 0.3) is 6.08 Å². The Balaban J connectivity index is 2.20. The number of nitrogens with one attached hydrogen (secondary N) is 1. The van der Waals surface area contributed by atoms with Gasteiger partial charge in [-0.15, -0.1) is 0 Å². The van der Waals surface area contributed by atoms with Crippen LogP contribution in [0.1, 0.15) is 11.1 Å². The van der Waals surface area contributed by atoms with Crippen molar-refractivity contribution in [2.24, 2.45) is 0 Å². The summed E-state index contributed by atoms with van der Waals surface area (Å²) in [5, 5.41) is 2.33. The molecule has 0 spiro atoms. The van der Waals surface area contributed by atoms with Gasteiger partial charge in [0.2, 0.25) is 5.91 Å². The van der Waals surface area contributed by atoms with Gasteiger partial charge in [0, 0.05) is 6.08 Å². The Morgan fingerprint density at radius 3 is 2.48 bits per heavy atom. The van der Waals surface area contributed by atoms with Gasteiger partial charge in [-0.2, -0.15) is 13.2 Å². The first kappa shape index (κ1) is 21.1. The molecule has 4 nitrogen and oxygen atoms in total. The lowest BCUT2D eigenvalue weighted by atomic mass is 10.1. The average molecular weight is 465 g/mol. The van der Waals surface area contributed by atoms with Crippen LogP contribution in [0.15, 0.2) is 40.9 Å². The number of benzene rings is 2. The Morgan fingerprint density at radius 1 is 1.19 bits per heavy atom. The summed E-state index contributed by atoms with van der Waals surface area (Å²) in [5.74, 6) is 0.310. The topological polar surface area (TPSA) is 47.6 Å². The zero-order chi connectivity index (χ0) is 20.2. The summed E-state index contributed by atoms with van der Waals surface area (Å²) in [6.45, 7) is 0. The predicted octanol–water partition coefficient (Wildman–Crippen LogP) is 5.79. The Morgan fingerprint density at radius 2 is 1.89 bits per heavy atom. The summed E-state index contributed by atoms with van der Waals surface area (Å²) < 4.78 is 49.4. The zero-order valence-electron chi connectivity index (χ0n) is 14.2. The van der Waals surface area contributed by atoms with Gasteiger partial charge >= 0.3 is 6.18 Å². The van der Waals surface area contributed by atoms with Crippen molar-refractivity contribution in [3.05, 3.63) is 57.0 Å². The van der Waals surface area contributed by atoms with Crippen molar-refractivity contribution in [2.75, 3.05) is 19.5 Å². The molecule has 0 bridgehead atoms. The number of alkyl halides is 3. The second-order valence-electron chi connectivity index (χ2n) is 5.25. The summed E-state index contributed by atoms with van der Waals surface area (Å²) in [4.78, 5) is 12.1. The predicted molar refractivity (Wildman–Crippen MR) is 101 cm³/mol. The molecule has 0 aromatic heterocycles. The van der Waals surface area contributed by atoms with Gasteiger partial charge in [-0.3, -0.25) is 4.79 Å². The van der Waals surface area contributed by atoms with Crippen molar-refractivity contribution < 1.29 is 27.4 Å². The number of hydrogen-bond acceptors (Lipinski definition) is 3. The van der Waals surface area contributed by atoms with Gasteiger partial charge in [0.15, 0.2) is 11.5 Å². The quantitative estimate of drug-likeness (QED) is 0.570. The van der Waals surface area contributed by atoms with Gasteiger partial charge in [0.25, 0.3) is 0 Å². The lowest BCUT2D eigenvalue weighted by Crippen LogP contribution is -2.11. The van der Waals surface area contributed by atoms with Crippen molar-refractivity contribution >= 4 is 45.2 Å². The van der Waals surface area contributed by atoms with Crippen LogP contribution in [0.2, 0.25) is 5.02 Å². The van der Waals surface area contributed by atoms with Crippen LogP contribution in [0, 0.1) is 0 Å². The number of amides is 1. The van der Waals surface area contributed by atoms with Crippen molar-refractivity contribution in [3.8, 4) is 11.5 Å². The minimum atomic E-state index is -4.54. The number of carbonyl (C=O) groups excluding carboxylic acids is 1. The van der Waals surface area contributed by atoms with Crippen LogP contribution < -0.4 is 14.8 Å². The molecule has 0 atom stereocenters. The summed E-state index contributed by atoms with van der Waals surface area (Å²) in [6, 6.07) is 6.04. The van der Waals surface area contributed by atoms with Crippen molar-refractivity contribution in [2.45, 2.75) is 6.18 Å². The molecule has 1 N–H and O–H groups in total.